The highest BCUT2D eigenvalue weighted by atomic mass is 32.2. The van der Waals surface area contributed by atoms with E-state index in [1.807, 2.05) is 6.92 Å². The van der Waals surface area contributed by atoms with Gasteiger partial charge in [0, 0.05) is 20.6 Å². The highest BCUT2D eigenvalue weighted by molar-refractivity contribution is 7.89. The van der Waals surface area contributed by atoms with Crippen molar-refractivity contribution in [1.82, 2.24) is 13.9 Å². The molecule has 0 unspecified atom stereocenters. The zero-order valence-corrected chi connectivity index (χ0v) is 17.4. The Hall–Kier alpha value is -2.92. The van der Waals surface area contributed by atoms with Crippen molar-refractivity contribution in [3.05, 3.63) is 51.2 Å². The number of hydrogen-bond donors (Lipinski definition) is 2. The summed E-state index contributed by atoms with van der Waals surface area (Å²) in [6, 6.07) is 7.68. The van der Waals surface area contributed by atoms with E-state index in [0.717, 1.165) is 15.6 Å². The van der Waals surface area contributed by atoms with Crippen LogP contribution in [0.2, 0.25) is 0 Å². The molecule has 0 atom stereocenters. The van der Waals surface area contributed by atoms with Crippen molar-refractivity contribution in [2.24, 2.45) is 0 Å². The molecule has 1 aromatic carbocycles. The molecule has 2 aromatic rings. The summed E-state index contributed by atoms with van der Waals surface area (Å²) in [4.78, 5) is 40.1. The van der Waals surface area contributed by atoms with Crippen molar-refractivity contribution >= 4 is 27.4 Å². The second-order valence-corrected chi connectivity index (χ2v) is 8.57. The minimum Gasteiger partial charge on any atom is -0.383 e. The van der Waals surface area contributed by atoms with E-state index in [1.54, 1.807) is 18.2 Å². The number of nitrogens with two attached hydrogens (primary N) is 1. The Morgan fingerprint density at radius 3 is 2.38 bits per heavy atom. The Kier molecular flexibility index (Phi) is 6.98. The van der Waals surface area contributed by atoms with Crippen LogP contribution in [0.1, 0.15) is 19.8 Å². The average Bonchev–Trinajstić information content (AvgIpc) is 2.68. The van der Waals surface area contributed by atoms with Gasteiger partial charge in [0.15, 0.2) is 5.69 Å². The van der Waals surface area contributed by atoms with Crippen LogP contribution in [0.15, 0.2) is 44.8 Å². The molecule has 10 nitrogen and oxygen atoms in total. The molecule has 0 saturated carbocycles. The van der Waals surface area contributed by atoms with Crippen molar-refractivity contribution in [3.8, 4) is 0 Å². The van der Waals surface area contributed by atoms with Gasteiger partial charge in [0.05, 0.1) is 11.4 Å². The summed E-state index contributed by atoms with van der Waals surface area (Å²) in [6.07, 6.45) is 1.46. The maximum absolute atomic E-state index is 12.7. The standard InChI is InChI=1S/C18H25N5O5S/c1-4-5-11-23-16(19)15(17(25)20-18(23)26)22(3)14(24)12-21(2)29(27,28)13-9-7-6-8-10-13/h6-10H,4-5,11-12,19H2,1-3H3,(H,20,25,26). The third kappa shape index (κ3) is 4.74. The summed E-state index contributed by atoms with van der Waals surface area (Å²) in [6.45, 7) is 1.71. The van der Waals surface area contributed by atoms with E-state index in [1.165, 1.54) is 30.8 Å². The van der Waals surface area contributed by atoms with Gasteiger partial charge in [0.25, 0.3) is 5.56 Å². The van der Waals surface area contributed by atoms with Crippen LogP contribution < -0.4 is 21.9 Å². The minimum absolute atomic E-state index is 0.0448. The third-order valence-electron chi connectivity index (χ3n) is 4.47. The SMILES string of the molecule is CCCCn1c(N)c(N(C)C(=O)CN(C)S(=O)(=O)c2ccccc2)c(=O)[nH]c1=O. The smallest absolute Gasteiger partial charge is 0.330 e. The molecule has 158 valence electrons. The molecule has 11 heteroatoms. The van der Waals surface area contributed by atoms with Gasteiger partial charge in [0.2, 0.25) is 15.9 Å². The number of unbranched alkanes of at least 4 members (excludes halogenated alkanes) is 1. The van der Waals surface area contributed by atoms with E-state index in [0.29, 0.717) is 6.42 Å². The van der Waals surface area contributed by atoms with Gasteiger partial charge in [-0.05, 0) is 18.6 Å². The van der Waals surface area contributed by atoms with Crippen molar-refractivity contribution in [2.75, 3.05) is 31.3 Å². The predicted molar refractivity (Wildman–Crippen MR) is 110 cm³/mol. The summed E-state index contributed by atoms with van der Waals surface area (Å²) in [5.41, 5.74) is 4.32. The van der Waals surface area contributed by atoms with Gasteiger partial charge in [-0.2, -0.15) is 4.31 Å². The summed E-state index contributed by atoms with van der Waals surface area (Å²) in [7, 11) is -1.31. The molecule has 1 aromatic heterocycles. The summed E-state index contributed by atoms with van der Waals surface area (Å²) >= 11 is 0. The number of rotatable bonds is 8. The lowest BCUT2D eigenvalue weighted by molar-refractivity contribution is -0.118. The lowest BCUT2D eigenvalue weighted by Gasteiger charge is -2.23. The van der Waals surface area contributed by atoms with Crippen LogP contribution >= 0.6 is 0 Å². The number of nitrogen functional groups attached to an aromatic ring is 1. The highest BCUT2D eigenvalue weighted by Gasteiger charge is 2.27. The van der Waals surface area contributed by atoms with Crippen LogP contribution in [0, 0.1) is 0 Å². The largest absolute Gasteiger partial charge is 0.383 e. The predicted octanol–water partition coefficient (Wildman–Crippen LogP) is 0.202. The molecular formula is C18H25N5O5S. The maximum atomic E-state index is 12.7. The molecule has 1 heterocycles. The van der Waals surface area contributed by atoms with Crippen molar-refractivity contribution in [2.45, 2.75) is 31.2 Å². The lowest BCUT2D eigenvalue weighted by atomic mass is 10.3. The van der Waals surface area contributed by atoms with Crippen molar-refractivity contribution in [1.29, 1.82) is 0 Å². The zero-order valence-electron chi connectivity index (χ0n) is 16.6. The summed E-state index contributed by atoms with van der Waals surface area (Å²) in [5, 5.41) is 0. The number of nitrogens with one attached hydrogen (secondary N) is 1. The van der Waals surface area contributed by atoms with Crippen LogP contribution in [-0.2, 0) is 21.4 Å². The van der Waals surface area contributed by atoms with Crippen LogP contribution in [0.3, 0.4) is 0 Å². The molecule has 1 amide bonds. The van der Waals surface area contributed by atoms with Crippen LogP contribution in [0.5, 0.6) is 0 Å². The highest BCUT2D eigenvalue weighted by Crippen LogP contribution is 2.17. The number of carbonyl (C=O) groups excluding carboxylic acids is 1. The number of carbonyl (C=O) groups is 1. The first-order valence-electron chi connectivity index (χ1n) is 9.01. The van der Waals surface area contributed by atoms with E-state index in [2.05, 4.69) is 4.98 Å². The van der Waals surface area contributed by atoms with E-state index in [4.69, 9.17) is 5.73 Å². The Labute approximate surface area is 168 Å². The van der Waals surface area contributed by atoms with Gasteiger partial charge in [-0.25, -0.2) is 13.2 Å². The van der Waals surface area contributed by atoms with Gasteiger partial charge < -0.3 is 10.6 Å². The second kappa shape index (κ2) is 9.05. The fourth-order valence-electron chi connectivity index (χ4n) is 2.72. The number of aromatic nitrogens is 2. The van der Waals surface area contributed by atoms with E-state index < -0.39 is 33.7 Å². The van der Waals surface area contributed by atoms with E-state index in [-0.39, 0.29) is 22.9 Å². The first kappa shape index (κ1) is 22.4. The number of H-pyrrole nitrogens is 1. The number of sulfonamides is 1. The van der Waals surface area contributed by atoms with Crippen LogP contribution in [0.25, 0.3) is 0 Å². The molecule has 0 bridgehead atoms. The normalized spacial score (nSPS) is 11.6. The molecule has 0 fully saturated rings. The number of anilines is 2. The monoisotopic (exact) mass is 423 g/mol. The first-order valence-corrected chi connectivity index (χ1v) is 10.5. The summed E-state index contributed by atoms with van der Waals surface area (Å²) < 4.78 is 27.3. The third-order valence-corrected chi connectivity index (χ3v) is 6.29. The first-order chi connectivity index (χ1) is 13.6. The molecule has 0 spiro atoms. The number of hydrogen-bond acceptors (Lipinski definition) is 6. The Morgan fingerprint density at radius 1 is 1.17 bits per heavy atom. The summed E-state index contributed by atoms with van der Waals surface area (Å²) in [5.74, 6) is -0.818. The second-order valence-electron chi connectivity index (χ2n) is 6.53. The quantitative estimate of drug-likeness (QED) is 0.622. The van der Waals surface area contributed by atoms with Gasteiger partial charge >= 0.3 is 5.69 Å². The number of likely N-dealkylation sites (N-methyl/N-ethyl adjacent to an activating group) is 2. The molecule has 2 rings (SSSR count). The molecule has 0 aliphatic heterocycles. The lowest BCUT2D eigenvalue weighted by Crippen LogP contribution is -2.43. The zero-order chi connectivity index (χ0) is 21.8. The topological polar surface area (TPSA) is 139 Å². The Bertz CT molecular complexity index is 1090. The fraction of sp³-hybridized carbons (Fsp3) is 0.389. The van der Waals surface area contributed by atoms with Crippen LogP contribution in [0.4, 0.5) is 11.5 Å². The maximum Gasteiger partial charge on any atom is 0.330 e. The van der Waals surface area contributed by atoms with Crippen molar-refractivity contribution in [3.63, 3.8) is 0 Å². The minimum atomic E-state index is -3.88. The van der Waals surface area contributed by atoms with Gasteiger partial charge in [-0.1, -0.05) is 31.5 Å². The molecule has 0 aliphatic rings. The number of benzene rings is 1. The van der Waals surface area contributed by atoms with Gasteiger partial charge in [-0.3, -0.25) is 19.1 Å². The molecule has 0 aliphatic carbocycles. The van der Waals surface area contributed by atoms with Crippen molar-refractivity contribution < 1.29 is 13.2 Å². The van der Waals surface area contributed by atoms with Gasteiger partial charge in [-0.15, -0.1) is 0 Å². The number of nitrogens with zero attached hydrogens (tertiary/aromatic N) is 3. The van der Waals surface area contributed by atoms with E-state index >= 15 is 0 Å². The molecular weight excluding hydrogens is 398 g/mol. The fourth-order valence-corrected chi connectivity index (χ4v) is 3.86. The molecule has 0 radical (unpaired) electrons. The number of amides is 1. The molecule has 0 saturated heterocycles. The van der Waals surface area contributed by atoms with Gasteiger partial charge in [0.1, 0.15) is 5.82 Å². The number of aromatic amines is 1. The van der Waals surface area contributed by atoms with E-state index in [9.17, 15) is 22.8 Å². The molecule has 3 N–H and O–H groups in total. The average molecular weight is 423 g/mol. The van der Waals surface area contributed by atoms with Crippen LogP contribution in [-0.4, -0.2) is 48.8 Å². The molecule has 29 heavy (non-hydrogen) atoms. The Morgan fingerprint density at radius 2 is 1.79 bits per heavy atom. The Balaban J connectivity index is 2.31.